The molecule has 2 aromatic rings. The third-order valence-electron chi connectivity index (χ3n) is 2.55. The lowest BCUT2D eigenvalue weighted by atomic mass is 10.3. The van der Waals surface area contributed by atoms with Gasteiger partial charge >= 0.3 is 0 Å². The van der Waals surface area contributed by atoms with Crippen LogP contribution in [0.15, 0.2) is 11.7 Å². The van der Waals surface area contributed by atoms with Gasteiger partial charge in [-0.1, -0.05) is 0 Å². The largest absolute Gasteiger partial charge is 0.368 e. The fourth-order valence-corrected chi connectivity index (χ4v) is 2.43. The first-order chi connectivity index (χ1) is 8.08. The van der Waals surface area contributed by atoms with Crippen molar-refractivity contribution >= 4 is 23.1 Å². The maximum Gasteiger partial charge on any atom is 0.221 e. The van der Waals surface area contributed by atoms with Gasteiger partial charge in [0.15, 0.2) is 0 Å². The van der Waals surface area contributed by atoms with Gasteiger partial charge in [0, 0.05) is 23.7 Å². The lowest BCUT2D eigenvalue weighted by molar-refractivity contribution is 0.888. The Hall–Kier alpha value is -1.69. The van der Waals surface area contributed by atoms with Crippen LogP contribution in [0.4, 0.5) is 11.8 Å². The summed E-state index contributed by atoms with van der Waals surface area (Å²) in [4.78, 5) is 15.8. The number of aromatic nitrogens is 3. The van der Waals surface area contributed by atoms with E-state index in [0.717, 1.165) is 23.6 Å². The Morgan fingerprint density at radius 1 is 1.35 bits per heavy atom. The Kier molecular flexibility index (Phi) is 3.23. The second-order valence-corrected chi connectivity index (χ2v) is 4.89. The average Bonchev–Trinajstić information content (AvgIpc) is 2.68. The van der Waals surface area contributed by atoms with Gasteiger partial charge in [0.05, 0.1) is 17.7 Å². The van der Waals surface area contributed by atoms with Crippen LogP contribution in [0.1, 0.15) is 16.1 Å². The van der Waals surface area contributed by atoms with E-state index < -0.39 is 0 Å². The van der Waals surface area contributed by atoms with Gasteiger partial charge < -0.3 is 10.6 Å². The van der Waals surface area contributed by atoms with Crippen molar-refractivity contribution in [2.45, 2.75) is 20.4 Å². The predicted octanol–water partition coefficient (Wildman–Crippen LogP) is 1.77. The van der Waals surface area contributed by atoms with Gasteiger partial charge in [0.1, 0.15) is 5.82 Å². The quantitative estimate of drug-likeness (QED) is 0.898. The van der Waals surface area contributed by atoms with Crippen molar-refractivity contribution in [3.8, 4) is 0 Å². The molecule has 2 heterocycles. The lowest BCUT2D eigenvalue weighted by Gasteiger charge is -2.19. The summed E-state index contributed by atoms with van der Waals surface area (Å²) < 4.78 is 0. The first kappa shape index (κ1) is 11.8. The molecule has 90 valence electrons. The fourth-order valence-electron chi connectivity index (χ4n) is 1.60. The first-order valence-corrected chi connectivity index (χ1v) is 6.15. The number of nitrogens with zero attached hydrogens (tertiary/aromatic N) is 4. The maximum atomic E-state index is 5.61. The van der Waals surface area contributed by atoms with Crippen molar-refractivity contribution in [3.05, 3.63) is 27.8 Å². The monoisotopic (exact) mass is 249 g/mol. The minimum Gasteiger partial charge on any atom is -0.368 e. The van der Waals surface area contributed by atoms with E-state index in [9.17, 15) is 0 Å². The highest BCUT2D eigenvalue weighted by molar-refractivity contribution is 7.09. The van der Waals surface area contributed by atoms with Crippen LogP contribution in [0, 0.1) is 13.8 Å². The number of nitrogen functional groups attached to an aromatic ring is 1. The van der Waals surface area contributed by atoms with E-state index in [1.807, 2.05) is 26.4 Å². The Morgan fingerprint density at radius 2 is 2.12 bits per heavy atom. The minimum absolute atomic E-state index is 0.304. The number of nitrogens with two attached hydrogens (primary N) is 1. The maximum absolute atomic E-state index is 5.61. The van der Waals surface area contributed by atoms with E-state index in [1.54, 1.807) is 17.5 Å². The van der Waals surface area contributed by atoms with Gasteiger partial charge in [-0.25, -0.2) is 9.97 Å². The van der Waals surface area contributed by atoms with Crippen LogP contribution in [-0.4, -0.2) is 22.0 Å². The molecule has 0 aliphatic carbocycles. The third-order valence-corrected chi connectivity index (χ3v) is 3.47. The fraction of sp³-hybridized carbons (Fsp3) is 0.364. The molecule has 0 radical (unpaired) electrons. The summed E-state index contributed by atoms with van der Waals surface area (Å²) in [5.41, 5.74) is 9.56. The predicted molar refractivity (Wildman–Crippen MR) is 70.1 cm³/mol. The summed E-state index contributed by atoms with van der Waals surface area (Å²) in [7, 11) is 1.99. The van der Waals surface area contributed by atoms with Crippen LogP contribution in [0.2, 0.25) is 0 Å². The van der Waals surface area contributed by atoms with Crippen molar-refractivity contribution in [1.82, 2.24) is 15.0 Å². The SMILES string of the molecule is Cc1cnc(N)nc1N(C)Cc1scnc1C. The molecule has 17 heavy (non-hydrogen) atoms. The number of anilines is 2. The van der Waals surface area contributed by atoms with Crippen molar-refractivity contribution in [3.63, 3.8) is 0 Å². The molecule has 6 heteroatoms. The molecule has 0 atom stereocenters. The molecule has 0 unspecified atom stereocenters. The molecule has 0 bridgehead atoms. The lowest BCUT2D eigenvalue weighted by Crippen LogP contribution is -2.19. The number of aryl methyl sites for hydroxylation is 2. The summed E-state index contributed by atoms with van der Waals surface area (Å²) in [6.07, 6.45) is 1.74. The summed E-state index contributed by atoms with van der Waals surface area (Å²) in [6.45, 7) is 4.78. The number of rotatable bonds is 3. The smallest absolute Gasteiger partial charge is 0.221 e. The highest BCUT2D eigenvalue weighted by Gasteiger charge is 2.10. The molecular formula is C11H15N5S. The van der Waals surface area contributed by atoms with Crippen molar-refractivity contribution in [2.75, 3.05) is 17.7 Å². The van der Waals surface area contributed by atoms with Crippen molar-refractivity contribution in [2.24, 2.45) is 0 Å². The Bertz CT molecular complexity index is 522. The van der Waals surface area contributed by atoms with Crippen LogP contribution in [-0.2, 0) is 6.54 Å². The summed E-state index contributed by atoms with van der Waals surface area (Å²) in [5.74, 6) is 1.17. The first-order valence-electron chi connectivity index (χ1n) is 5.27. The van der Waals surface area contributed by atoms with Gasteiger partial charge in [0.2, 0.25) is 5.95 Å². The van der Waals surface area contributed by atoms with Crippen LogP contribution in [0.3, 0.4) is 0 Å². The Labute approximate surface area is 104 Å². The minimum atomic E-state index is 0.304. The molecule has 2 rings (SSSR count). The van der Waals surface area contributed by atoms with E-state index >= 15 is 0 Å². The molecule has 0 amide bonds. The van der Waals surface area contributed by atoms with Crippen molar-refractivity contribution in [1.29, 1.82) is 0 Å². The van der Waals surface area contributed by atoms with E-state index in [2.05, 4.69) is 19.9 Å². The second kappa shape index (κ2) is 4.67. The second-order valence-electron chi connectivity index (χ2n) is 3.95. The highest BCUT2D eigenvalue weighted by Crippen LogP contribution is 2.20. The van der Waals surface area contributed by atoms with Gasteiger partial charge in [-0.3, -0.25) is 0 Å². The van der Waals surface area contributed by atoms with Gasteiger partial charge in [-0.15, -0.1) is 11.3 Å². The zero-order chi connectivity index (χ0) is 12.4. The van der Waals surface area contributed by atoms with Gasteiger partial charge in [-0.2, -0.15) is 4.98 Å². The Morgan fingerprint density at radius 3 is 2.76 bits per heavy atom. The number of thiazole rings is 1. The van der Waals surface area contributed by atoms with E-state index in [0.29, 0.717) is 5.95 Å². The van der Waals surface area contributed by atoms with Crippen LogP contribution in [0.5, 0.6) is 0 Å². The number of hydrogen-bond acceptors (Lipinski definition) is 6. The zero-order valence-corrected chi connectivity index (χ0v) is 11.0. The molecule has 0 aliphatic heterocycles. The Balaban J connectivity index is 2.23. The normalized spacial score (nSPS) is 10.5. The molecule has 0 fully saturated rings. The summed E-state index contributed by atoms with van der Waals surface area (Å²) >= 11 is 1.66. The molecular weight excluding hydrogens is 234 g/mol. The highest BCUT2D eigenvalue weighted by atomic mass is 32.1. The van der Waals surface area contributed by atoms with Gasteiger partial charge in [-0.05, 0) is 13.8 Å². The van der Waals surface area contributed by atoms with Crippen LogP contribution < -0.4 is 10.6 Å². The van der Waals surface area contributed by atoms with Crippen molar-refractivity contribution < 1.29 is 0 Å². The van der Waals surface area contributed by atoms with Crippen LogP contribution in [0.25, 0.3) is 0 Å². The third kappa shape index (κ3) is 2.52. The average molecular weight is 249 g/mol. The van der Waals surface area contributed by atoms with Gasteiger partial charge in [0.25, 0.3) is 0 Å². The molecule has 0 saturated carbocycles. The van der Waals surface area contributed by atoms with E-state index in [4.69, 9.17) is 5.73 Å². The topological polar surface area (TPSA) is 67.9 Å². The summed E-state index contributed by atoms with van der Waals surface area (Å²) in [5, 5.41) is 0. The molecule has 5 nitrogen and oxygen atoms in total. The summed E-state index contributed by atoms with van der Waals surface area (Å²) in [6, 6.07) is 0. The molecule has 0 spiro atoms. The molecule has 0 saturated heterocycles. The molecule has 2 N–H and O–H groups in total. The van der Waals surface area contributed by atoms with Crippen LogP contribution >= 0.6 is 11.3 Å². The zero-order valence-electron chi connectivity index (χ0n) is 10.1. The van der Waals surface area contributed by atoms with E-state index in [1.165, 1.54) is 4.88 Å². The number of hydrogen-bond donors (Lipinski definition) is 1. The van der Waals surface area contributed by atoms with E-state index in [-0.39, 0.29) is 0 Å². The standard InChI is InChI=1S/C11H15N5S/c1-7-4-13-11(12)15-10(7)16(3)5-9-8(2)14-6-17-9/h4,6H,5H2,1-3H3,(H2,12,13,15). The molecule has 2 aromatic heterocycles. The molecule has 0 aromatic carbocycles. The molecule has 0 aliphatic rings.